The zero-order valence-electron chi connectivity index (χ0n) is 9.74. The third-order valence-corrected chi connectivity index (χ3v) is 2.94. The monoisotopic (exact) mass is 217 g/mol. The maximum absolute atomic E-state index is 10.7. The van der Waals surface area contributed by atoms with Crippen LogP contribution in [-0.2, 0) is 18.3 Å². The Kier molecular flexibility index (Phi) is 2.46. The number of rotatable bonds is 2. The van der Waals surface area contributed by atoms with E-state index in [1.807, 2.05) is 17.7 Å². The third kappa shape index (κ3) is 1.69. The lowest BCUT2D eigenvalue weighted by Gasteiger charge is -2.03. The van der Waals surface area contributed by atoms with Crippen molar-refractivity contribution in [2.24, 2.45) is 7.05 Å². The van der Waals surface area contributed by atoms with Gasteiger partial charge in [0.1, 0.15) is 0 Å². The molecular weight excluding hydrogens is 202 g/mol. The van der Waals surface area contributed by atoms with Crippen LogP contribution in [-0.4, -0.2) is 15.6 Å². The van der Waals surface area contributed by atoms with Gasteiger partial charge in [0, 0.05) is 23.6 Å². The van der Waals surface area contributed by atoms with Crippen molar-refractivity contribution in [2.75, 3.05) is 0 Å². The number of carbonyl (C=O) groups is 1. The van der Waals surface area contributed by atoms with Crippen molar-refractivity contribution < 1.29 is 9.90 Å². The van der Waals surface area contributed by atoms with Crippen LogP contribution in [0.4, 0.5) is 0 Å². The molecule has 0 spiro atoms. The topological polar surface area (TPSA) is 42.2 Å². The molecule has 0 amide bonds. The molecule has 3 heteroatoms. The fourth-order valence-corrected chi connectivity index (χ4v) is 2.16. The van der Waals surface area contributed by atoms with Gasteiger partial charge in [0.25, 0.3) is 0 Å². The molecule has 0 unspecified atom stereocenters. The van der Waals surface area contributed by atoms with Gasteiger partial charge < -0.3 is 9.67 Å². The van der Waals surface area contributed by atoms with Gasteiger partial charge in [0.15, 0.2) is 0 Å². The number of hydrogen-bond donors (Lipinski definition) is 1. The van der Waals surface area contributed by atoms with Crippen LogP contribution in [0, 0.1) is 13.8 Å². The molecule has 2 aromatic rings. The van der Waals surface area contributed by atoms with Gasteiger partial charge in [-0.2, -0.15) is 0 Å². The van der Waals surface area contributed by atoms with Crippen molar-refractivity contribution in [1.82, 2.24) is 4.57 Å². The second-order valence-electron chi connectivity index (χ2n) is 4.28. The molecule has 0 aliphatic carbocycles. The number of aliphatic carboxylic acids is 1. The number of fused-ring (bicyclic) bond motifs is 1. The maximum atomic E-state index is 10.7. The van der Waals surface area contributed by atoms with Gasteiger partial charge in [-0.3, -0.25) is 4.79 Å². The summed E-state index contributed by atoms with van der Waals surface area (Å²) in [6, 6.07) is 6.18. The minimum Gasteiger partial charge on any atom is -0.481 e. The first kappa shape index (κ1) is 10.7. The minimum atomic E-state index is -0.791. The summed E-state index contributed by atoms with van der Waals surface area (Å²) < 4.78 is 1.96. The first-order valence-electron chi connectivity index (χ1n) is 5.26. The molecular formula is C13H15NO2. The molecule has 0 radical (unpaired) electrons. The van der Waals surface area contributed by atoms with E-state index in [0.717, 1.165) is 16.6 Å². The van der Waals surface area contributed by atoms with Crippen molar-refractivity contribution in [3.63, 3.8) is 0 Å². The summed E-state index contributed by atoms with van der Waals surface area (Å²) in [4.78, 5) is 10.7. The van der Waals surface area contributed by atoms with E-state index in [9.17, 15) is 4.79 Å². The molecule has 0 bridgehead atoms. The minimum absolute atomic E-state index is 0.0731. The Morgan fingerprint density at radius 1 is 1.31 bits per heavy atom. The summed E-state index contributed by atoms with van der Waals surface area (Å²) >= 11 is 0. The lowest BCUT2D eigenvalue weighted by atomic mass is 10.1. The average Bonchev–Trinajstić information content (AvgIpc) is 2.45. The Morgan fingerprint density at radius 2 is 2.00 bits per heavy atom. The molecule has 2 rings (SSSR count). The van der Waals surface area contributed by atoms with E-state index >= 15 is 0 Å². The number of carboxylic acid groups (broad SMARTS) is 1. The summed E-state index contributed by atoms with van der Waals surface area (Å²) in [5.74, 6) is -0.791. The van der Waals surface area contributed by atoms with Crippen LogP contribution in [0.2, 0.25) is 0 Å². The van der Waals surface area contributed by atoms with E-state index in [4.69, 9.17) is 5.11 Å². The fraction of sp³-hybridized carbons (Fsp3) is 0.308. The third-order valence-electron chi connectivity index (χ3n) is 2.94. The van der Waals surface area contributed by atoms with E-state index in [2.05, 4.69) is 26.0 Å². The highest BCUT2D eigenvalue weighted by atomic mass is 16.4. The first-order chi connectivity index (χ1) is 7.49. The summed E-state index contributed by atoms with van der Waals surface area (Å²) in [7, 11) is 1.92. The highest BCUT2D eigenvalue weighted by Gasteiger charge is 2.10. The summed E-state index contributed by atoms with van der Waals surface area (Å²) in [5.41, 5.74) is 4.35. The van der Waals surface area contributed by atoms with Crippen molar-refractivity contribution in [2.45, 2.75) is 20.3 Å². The number of hydrogen-bond acceptors (Lipinski definition) is 1. The first-order valence-corrected chi connectivity index (χ1v) is 5.26. The van der Waals surface area contributed by atoms with Crippen LogP contribution >= 0.6 is 0 Å². The largest absolute Gasteiger partial charge is 0.481 e. The Hall–Kier alpha value is -1.77. The second kappa shape index (κ2) is 3.67. The molecule has 0 saturated carbocycles. The van der Waals surface area contributed by atoms with Gasteiger partial charge in [-0.05, 0) is 37.1 Å². The zero-order valence-corrected chi connectivity index (χ0v) is 9.74. The average molecular weight is 217 g/mol. The summed E-state index contributed by atoms with van der Waals surface area (Å²) in [5, 5.41) is 9.97. The lowest BCUT2D eigenvalue weighted by molar-refractivity contribution is -0.136. The van der Waals surface area contributed by atoms with E-state index in [1.54, 1.807) is 0 Å². The molecule has 0 fully saturated rings. The fourth-order valence-electron chi connectivity index (χ4n) is 2.16. The molecule has 1 aromatic heterocycles. The molecule has 3 nitrogen and oxygen atoms in total. The number of aryl methyl sites for hydroxylation is 3. The van der Waals surface area contributed by atoms with Crippen molar-refractivity contribution in [3.8, 4) is 0 Å². The highest BCUT2D eigenvalue weighted by Crippen LogP contribution is 2.24. The van der Waals surface area contributed by atoms with Gasteiger partial charge in [-0.25, -0.2) is 0 Å². The van der Waals surface area contributed by atoms with E-state index in [-0.39, 0.29) is 6.42 Å². The molecule has 1 N–H and O–H groups in total. The van der Waals surface area contributed by atoms with Crippen molar-refractivity contribution >= 4 is 16.9 Å². The van der Waals surface area contributed by atoms with E-state index in [1.165, 1.54) is 11.1 Å². The SMILES string of the molecule is Cc1cc(C)c2cc(CC(=O)O)n(C)c2c1. The van der Waals surface area contributed by atoms with Crippen LogP contribution in [0.15, 0.2) is 18.2 Å². The number of nitrogens with zero attached hydrogens (tertiary/aromatic N) is 1. The van der Waals surface area contributed by atoms with Gasteiger partial charge in [-0.1, -0.05) is 6.07 Å². The smallest absolute Gasteiger partial charge is 0.309 e. The number of carboxylic acids is 1. The standard InChI is InChI=1S/C13H15NO2/c1-8-4-9(2)11-6-10(7-13(15)16)14(3)12(11)5-8/h4-6H,7H2,1-3H3,(H,15,16). The maximum Gasteiger partial charge on any atom is 0.309 e. The molecule has 16 heavy (non-hydrogen) atoms. The Balaban J connectivity index is 2.67. The van der Waals surface area contributed by atoms with Crippen LogP contribution in [0.3, 0.4) is 0 Å². The van der Waals surface area contributed by atoms with Crippen LogP contribution in [0.5, 0.6) is 0 Å². The van der Waals surface area contributed by atoms with Crippen LogP contribution in [0.25, 0.3) is 10.9 Å². The van der Waals surface area contributed by atoms with Gasteiger partial charge in [0.2, 0.25) is 0 Å². The van der Waals surface area contributed by atoms with Crippen molar-refractivity contribution in [1.29, 1.82) is 0 Å². The normalized spacial score (nSPS) is 10.9. The lowest BCUT2D eigenvalue weighted by Crippen LogP contribution is -2.04. The number of aromatic nitrogens is 1. The van der Waals surface area contributed by atoms with E-state index in [0.29, 0.717) is 0 Å². The van der Waals surface area contributed by atoms with Gasteiger partial charge in [0.05, 0.1) is 6.42 Å². The summed E-state index contributed by atoms with van der Waals surface area (Å²) in [6.07, 6.45) is 0.0731. The molecule has 1 aromatic carbocycles. The Bertz CT molecular complexity index is 567. The predicted molar refractivity (Wildman–Crippen MR) is 63.7 cm³/mol. The molecule has 0 saturated heterocycles. The molecule has 84 valence electrons. The van der Waals surface area contributed by atoms with Crippen molar-refractivity contribution in [3.05, 3.63) is 35.0 Å². The van der Waals surface area contributed by atoms with Crippen LogP contribution in [0.1, 0.15) is 16.8 Å². The summed E-state index contributed by atoms with van der Waals surface area (Å²) in [6.45, 7) is 4.11. The van der Waals surface area contributed by atoms with E-state index < -0.39 is 5.97 Å². The Labute approximate surface area is 94.3 Å². The predicted octanol–water partition coefficient (Wildman–Crippen LogP) is 2.42. The quantitative estimate of drug-likeness (QED) is 0.839. The molecule has 0 aliphatic heterocycles. The van der Waals surface area contributed by atoms with Crippen LogP contribution < -0.4 is 0 Å². The zero-order chi connectivity index (χ0) is 11.9. The molecule has 1 heterocycles. The number of benzene rings is 1. The highest BCUT2D eigenvalue weighted by molar-refractivity contribution is 5.86. The van der Waals surface area contributed by atoms with Gasteiger partial charge in [-0.15, -0.1) is 0 Å². The van der Waals surface area contributed by atoms with Gasteiger partial charge >= 0.3 is 5.97 Å². The Morgan fingerprint density at radius 3 is 2.62 bits per heavy atom. The molecule has 0 aliphatic rings. The second-order valence-corrected chi connectivity index (χ2v) is 4.28. The molecule has 0 atom stereocenters.